The van der Waals surface area contributed by atoms with Crippen LogP contribution in [0.25, 0.3) is 0 Å². The zero-order valence-corrected chi connectivity index (χ0v) is 13.8. The lowest BCUT2D eigenvalue weighted by molar-refractivity contribution is 0.357. The van der Waals surface area contributed by atoms with Crippen molar-refractivity contribution in [2.45, 2.75) is 50.4 Å². The molecule has 1 saturated heterocycles. The SMILES string of the molecule is COc1cc(CC2CCCNC2)c(OC)c2c1C1CCC2C1. The standard InChI is InChI=1S/C19H27NO2/c1-21-16-10-15(8-12-4-3-7-20-11-12)19(22-2)18-14-6-5-13(9-14)17(16)18/h10,12-14,20H,3-9,11H2,1-2H3. The smallest absolute Gasteiger partial charge is 0.126 e. The maximum absolute atomic E-state index is 5.91. The predicted octanol–water partition coefficient (Wildman–Crippen LogP) is 3.61. The molecule has 3 unspecified atom stereocenters. The Labute approximate surface area is 133 Å². The molecule has 3 heteroatoms. The van der Waals surface area contributed by atoms with Gasteiger partial charge < -0.3 is 14.8 Å². The zero-order valence-electron chi connectivity index (χ0n) is 13.8. The Morgan fingerprint density at radius 2 is 1.91 bits per heavy atom. The van der Waals surface area contributed by atoms with Gasteiger partial charge in [0.05, 0.1) is 14.2 Å². The van der Waals surface area contributed by atoms with E-state index in [0.29, 0.717) is 11.8 Å². The Bertz CT molecular complexity index is 563. The van der Waals surface area contributed by atoms with Crippen LogP contribution in [0.4, 0.5) is 0 Å². The van der Waals surface area contributed by atoms with E-state index in [0.717, 1.165) is 24.6 Å². The average Bonchev–Trinajstić information content (AvgIpc) is 3.17. The lowest BCUT2D eigenvalue weighted by atomic mass is 9.85. The van der Waals surface area contributed by atoms with Crippen molar-refractivity contribution < 1.29 is 9.47 Å². The summed E-state index contributed by atoms with van der Waals surface area (Å²) in [4.78, 5) is 0. The van der Waals surface area contributed by atoms with Crippen molar-refractivity contribution in [3.63, 3.8) is 0 Å². The molecule has 1 aromatic carbocycles. The second kappa shape index (κ2) is 5.77. The van der Waals surface area contributed by atoms with Crippen LogP contribution in [0.5, 0.6) is 11.5 Å². The van der Waals surface area contributed by atoms with Crippen molar-refractivity contribution in [2.75, 3.05) is 27.3 Å². The normalized spacial score (nSPS) is 29.5. The summed E-state index contributed by atoms with van der Waals surface area (Å²) in [5, 5.41) is 3.53. The van der Waals surface area contributed by atoms with Crippen LogP contribution in [0.2, 0.25) is 0 Å². The molecule has 0 aromatic heterocycles. The molecule has 1 saturated carbocycles. The minimum Gasteiger partial charge on any atom is -0.496 e. The summed E-state index contributed by atoms with van der Waals surface area (Å²) in [5.41, 5.74) is 4.30. The second-order valence-corrected chi connectivity index (χ2v) is 7.22. The molecule has 0 spiro atoms. The molecule has 1 heterocycles. The monoisotopic (exact) mass is 301 g/mol. The Morgan fingerprint density at radius 1 is 1.09 bits per heavy atom. The first-order valence-electron chi connectivity index (χ1n) is 8.80. The molecule has 0 radical (unpaired) electrons. The largest absolute Gasteiger partial charge is 0.496 e. The van der Waals surface area contributed by atoms with Gasteiger partial charge in [0, 0.05) is 11.1 Å². The van der Waals surface area contributed by atoms with Crippen LogP contribution in [0.1, 0.15) is 60.6 Å². The van der Waals surface area contributed by atoms with Gasteiger partial charge in [-0.3, -0.25) is 0 Å². The van der Waals surface area contributed by atoms with E-state index in [9.17, 15) is 0 Å². The lowest BCUT2D eigenvalue weighted by Gasteiger charge is -2.27. The molecular weight excluding hydrogens is 274 g/mol. The molecule has 2 aliphatic carbocycles. The van der Waals surface area contributed by atoms with E-state index in [4.69, 9.17) is 9.47 Å². The summed E-state index contributed by atoms with van der Waals surface area (Å²) in [6.07, 6.45) is 7.67. The third-order valence-electron chi connectivity index (χ3n) is 5.98. The van der Waals surface area contributed by atoms with E-state index in [2.05, 4.69) is 11.4 Å². The molecular formula is C19H27NO2. The van der Waals surface area contributed by atoms with Crippen LogP contribution in [0, 0.1) is 5.92 Å². The number of hydrogen-bond donors (Lipinski definition) is 1. The highest BCUT2D eigenvalue weighted by Gasteiger charge is 2.42. The van der Waals surface area contributed by atoms with Gasteiger partial charge in [-0.05, 0) is 81.0 Å². The van der Waals surface area contributed by atoms with Gasteiger partial charge in [-0.1, -0.05) is 0 Å². The fraction of sp³-hybridized carbons (Fsp3) is 0.684. The first-order valence-corrected chi connectivity index (χ1v) is 8.80. The van der Waals surface area contributed by atoms with Gasteiger partial charge in [-0.15, -0.1) is 0 Å². The van der Waals surface area contributed by atoms with Gasteiger partial charge in [-0.25, -0.2) is 0 Å². The molecule has 1 aromatic rings. The minimum absolute atomic E-state index is 0.702. The number of nitrogens with one attached hydrogen (secondary N) is 1. The molecule has 3 aliphatic rings. The highest BCUT2D eigenvalue weighted by molar-refractivity contribution is 5.60. The number of piperidine rings is 1. The molecule has 2 fully saturated rings. The molecule has 1 N–H and O–H groups in total. The summed E-state index contributed by atoms with van der Waals surface area (Å²) in [6, 6.07) is 2.27. The summed E-state index contributed by atoms with van der Waals surface area (Å²) in [6.45, 7) is 2.31. The zero-order chi connectivity index (χ0) is 15.1. The van der Waals surface area contributed by atoms with E-state index in [1.807, 2.05) is 14.2 Å². The lowest BCUT2D eigenvalue weighted by Crippen LogP contribution is -2.31. The van der Waals surface area contributed by atoms with Gasteiger partial charge in [0.15, 0.2) is 0 Å². The number of benzene rings is 1. The van der Waals surface area contributed by atoms with Crippen molar-refractivity contribution in [1.29, 1.82) is 0 Å². The van der Waals surface area contributed by atoms with Gasteiger partial charge in [-0.2, -0.15) is 0 Å². The number of hydrogen-bond acceptors (Lipinski definition) is 3. The minimum atomic E-state index is 0.702. The summed E-state index contributed by atoms with van der Waals surface area (Å²) in [7, 11) is 3.66. The molecule has 22 heavy (non-hydrogen) atoms. The van der Waals surface area contributed by atoms with E-state index in [1.54, 1.807) is 0 Å². The molecule has 0 amide bonds. The fourth-order valence-electron chi connectivity index (χ4n) is 5.03. The van der Waals surface area contributed by atoms with Gasteiger partial charge in [0.25, 0.3) is 0 Å². The van der Waals surface area contributed by atoms with Crippen LogP contribution in [-0.4, -0.2) is 27.3 Å². The van der Waals surface area contributed by atoms with Crippen LogP contribution in [-0.2, 0) is 6.42 Å². The topological polar surface area (TPSA) is 30.5 Å². The van der Waals surface area contributed by atoms with Crippen molar-refractivity contribution >= 4 is 0 Å². The quantitative estimate of drug-likeness (QED) is 0.921. The summed E-state index contributed by atoms with van der Waals surface area (Å²) < 4.78 is 11.7. The van der Waals surface area contributed by atoms with Crippen molar-refractivity contribution in [1.82, 2.24) is 5.32 Å². The van der Waals surface area contributed by atoms with Crippen LogP contribution in [0.3, 0.4) is 0 Å². The molecule has 3 nitrogen and oxygen atoms in total. The Kier molecular flexibility index (Phi) is 3.77. The molecule has 120 valence electrons. The summed E-state index contributed by atoms with van der Waals surface area (Å²) in [5.74, 6) is 4.42. The summed E-state index contributed by atoms with van der Waals surface area (Å²) >= 11 is 0. The van der Waals surface area contributed by atoms with E-state index >= 15 is 0 Å². The highest BCUT2D eigenvalue weighted by atomic mass is 16.5. The number of ether oxygens (including phenoxy) is 2. The second-order valence-electron chi connectivity index (χ2n) is 7.22. The Balaban J connectivity index is 1.73. The number of rotatable bonds is 4. The predicted molar refractivity (Wildman–Crippen MR) is 88.2 cm³/mol. The Hall–Kier alpha value is -1.22. The number of methoxy groups -OCH3 is 2. The van der Waals surface area contributed by atoms with Gasteiger partial charge in [0.2, 0.25) is 0 Å². The van der Waals surface area contributed by atoms with Crippen LogP contribution >= 0.6 is 0 Å². The van der Waals surface area contributed by atoms with Gasteiger partial charge >= 0.3 is 0 Å². The first kappa shape index (κ1) is 14.4. The van der Waals surface area contributed by atoms with E-state index in [-0.39, 0.29) is 0 Å². The van der Waals surface area contributed by atoms with Gasteiger partial charge in [0.1, 0.15) is 11.5 Å². The van der Waals surface area contributed by atoms with Crippen molar-refractivity contribution in [3.05, 3.63) is 22.8 Å². The average molecular weight is 301 g/mol. The highest BCUT2D eigenvalue weighted by Crippen LogP contribution is 2.59. The number of fused-ring (bicyclic) bond motifs is 5. The third-order valence-corrected chi connectivity index (χ3v) is 5.98. The maximum atomic E-state index is 5.91. The Morgan fingerprint density at radius 3 is 2.59 bits per heavy atom. The van der Waals surface area contributed by atoms with E-state index in [1.165, 1.54) is 61.1 Å². The van der Waals surface area contributed by atoms with E-state index < -0.39 is 0 Å². The molecule has 4 rings (SSSR count). The molecule has 3 atom stereocenters. The van der Waals surface area contributed by atoms with Crippen molar-refractivity contribution in [3.8, 4) is 11.5 Å². The maximum Gasteiger partial charge on any atom is 0.126 e. The van der Waals surface area contributed by atoms with Crippen molar-refractivity contribution in [2.24, 2.45) is 5.92 Å². The van der Waals surface area contributed by atoms with Crippen LogP contribution < -0.4 is 14.8 Å². The van der Waals surface area contributed by atoms with Crippen LogP contribution in [0.15, 0.2) is 6.07 Å². The first-order chi connectivity index (χ1) is 10.8. The fourth-order valence-corrected chi connectivity index (χ4v) is 5.03. The molecule has 1 aliphatic heterocycles. The molecule has 2 bridgehead atoms. The third kappa shape index (κ3) is 2.21.